The molecule has 1 rings (SSSR count). The lowest BCUT2D eigenvalue weighted by molar-refractivity contribution is 0.689. The van der Waals surface area contributed by atoms with E-state index < -0.39 is 0 Å². The Labute approximate surface area is 99.9 Å². The molecule has 86 valence electrons. The molecule has 1 aromatic rings. The molecule has 0 spiro atoms. The van der Waals surface area contributed by atoms with Gasteiger partial charge in [0.1, 0.15) is 5.00 Å². The minimum atomic E-state index is 0.775. The number of nitrogen functional groups attached to an aromatic ring is 1. The van der Waals surface area contributed by atoms with Crippen LogP contribution in [-0.4, -0.2) is 23.5 Å². The van der Waals surface area contributed by atoms with Crippen LogP contribution in [0.5, 0.6) is 0 Å². The number of nitrogens with two attached hydrogens (primary N) is 1. The Hall–Kier alpha value is -0.420. The summed E-state index contributed by atoms with van der Waals surface area (Å²) >= 11 is 3.44. The number of anilines is 2. The molecule has 3 N–H and O–H groups in total. The fraction of sp³-hybridized carbons (Fsp3) is 0.700. The minimum absolute atomic E-state index is 0.775. The molecule has 0 atom stereocenters. The van der Waals surface area contributed by atoms with Crippen molar-refractivity contribution in [2.24, 2.45) is 0 Å². The average Bonchev–Trinajstić information content (AvgIpc) is 2.63. The van der Waals surface area contributed by atoms with Crippen LogP contribution in [0.4, 0.5) is 10.1 Å². The van der Waals surface area contributed by atoms with Crippen LogP contribution in [0.25, 0.3) is 0 Å². The number of nitrogens with one attached hydrogen (secondary N) is 1. The Morgan fingerprint density at radius 3 is 2.87 bits per heavy atom. The third-order valence-corrected chi connectivity index (χ3v) is 3.56. The molecule has 0 aromatic carbocycles. The lowest BCUT2D eigenvalue weighted by atomic mass is 10.2. The van der Waals surface area contributed by atoms with Crippen LogP contribution in [-0.2, 0) is 0 Å². The molecule has 1 aromatic heterocycles. The van der Waals surface area contributed by atoms with Gasteiger partial charge in [0.05, 0.1) is 6.20 Å². The third-order valence-electron chi connectivity index (χ3n) is 2.08. The fourth-order valence-corrected chi connectivity index (χ4v) is 2.39. The zero-order valence-electron chi connectivity index (χ0n) is 9.16. The molecule has 15 heavy (non-hydrogen) atoms. The van der Waals surface area contributed by atoms with Gasteiger partial charge in [-0.05, 0) is 24.9 Å². The first-order valence-corrected chi connectivity index (χ1v) is 7.48. The summed E-state index contributed by atoms with van der Waals surface area (Å²) in [5, 5.41) is 5.00. The van der Waals surface area contributed by atoms with E-state index in [0.29, 0.717) is 0 Å². The standard InChI is InChI=1S/C10H19N3S2/c1-14-7-5-3-2-4-6-12-10-13-8-9(11)15-10/h8H,2-7,11H2,1H3,(H,12,13). The van der Waals surface area contributed by atoms with Crippen LogP contribution in [0.15, 0.2) is 6.20 Å². The molecule has 1 heterocycles. The molecule has 5 heteroatoms. The summed E-state index contributed by atoms with van der Waals surface area (Å²) in [7, 11) is 0. The highest BCUT2D eigenvalue weighted by Crippen LogP contribution is 2.19. The summed E-state index contributed by atoms with van der Waals surface area (Å²) < 4.78 is 0. The smallest absolute Gasteiger partial charge is 0.184 e. The van der Waals surface area contributed by atoms with E-state index in [1.807, 2.05) is 11.8 Å². The quantitative estimate of drug-likeness (QED) is 0.691. The predicted molar refractivity (Wildman–Crippen MR) is 71.9 cm³/mol. The highest BCUT2D eigenvalue weighted by molar-refractivity contribution is 7.98. The summed E-state index contributed by atoms with van der Waals surface area (Å²) in [6.45, 7) is 1.01. The van der Waals surface area contributed by atoms with Crippen molar-refractivity contribution >= 4 is 33.2 Å². The van der Waals surface area contributed by atoms with Gasteiger partial charge in [-0.3, -0.25) is 0 Å². The van der Waals surface area contributed by atoms with Crippen molar-refractivity contribution in [2.45, 2.75) is 25.7 Å². The molecule has 0 amide bonds. The maximum atomic E-state index is 5.58. The summed E-state index contributed by atoms with van der Waals surface area (Å²) in [6, 6.07) is 0. The number of aromatic nitrogens is 1. The molecular weight excluding hydrogens is 226 g/mol. The van der Waals surface area contributed by atoms with Gasteiger partial charge < -0.3 is 11.1 Å². The second kappa shape index (κ2) is 7.82. The van der Waals surface area contributed by atoms with Crippen LogP contribution in [0.1, 0.15) is 25.7 Å². The third kappa shape index (κ3) is 5.89. The Balaban J connectivity index is 1.93. The molecular formula is C10H19N3S2. The van der Waals surface area contributed by atoms with Crippen LogP contribution in [0.3, 0.4) is 0 Å². The van der Waals surface area contributed by atoms with Gasteiger partial charge in [-0.15, -0.1) is 0 Å². The minimum Gasteiger partial charge on any atom is -0.389 e. The van der Waals surface area contributed by atoms with Gasteiger partial charge in [0, 0.05) is 6.54 Å². The van der Waals surface area contributed by atoms with Crippen molar-refractivity contribution in [3.63, 3.8) is 0 Å². The Bertz CT molecular complexity index is 263. The highest BCUT2D eigenvalue weighted by Gasteiger charge is 1.96. The predicted octanol–water partition coefficient (Wildman–Crippen LogP) is 3.06. The van der Waals surface area contributed by atoms with Crippen LogP contribution in [0.2, 0.25) is 0 Å². The molecule has 0 fully saturated rings. The summed E-state index contributed by atoms with van der Waals surface area (Å²) in [5.41, 5.74) is 5.58. The van der Waals surface area contributed by atoms with E-state index in [-0.39, 0.29) is 0 Å². The number of nitrogens with zero attached hydrogens (tertiary/aromatic N) is 1. The van der Waals surface area contributed by atoms with Crippen molar-refractivity contribution in [3.05, 3.63) is 6.20 Å². The average molecular weight is 245 g/mol. The number of hydrogen-bond acceptors (Lipinski definition) is 5. The highest BCUT2D eigenvalue weighted by atomic mass is 32.2. The van der Waals surface area contributed by atoms with Crippen LogP contribution in [0, 0.1) is 0 Å². The van der Waals surface area contributed by atoms with Crippen molar-refractivity contribution in [1.29, 1.82) is 0 Å². The molecule has 0 aliphatic carbocycles. The molecule has 3 nitrogen and oxygen atoms in total. The van der Waals surface area contributed by atoms with Crippen molar-refractivity contribution in [3.8, 4) is 0 Å². The van der Waals surface area contributed by atoms with E-state index in [4.69, 9.17) is 5.73 Å². The van der Waals surface area contributed by atoms with E-state index in [0.717, 1.165) is 16.7 Å². The van der Waals surface area contributed by atoms with Crippen molar-refractivity contribution < 1.29 is 0 Å². The lowest BCUT2D eigenvalue weighted by Crippen LogP contribution is -2.00. The summed E-state index contributed by atoms with van der Waals surface area (Å²) in [4.78, 5) is 4.14. The topological polar surface area (TPSA) is 50.9 Å². The van der Waals surface area contributed by atoms with E-state index >= 15 is 0 Å². The van der Waals surface area contributed by atoms with Crippen LogP contribution >= 0.6 is 23.1 Å². The van der Waals surface area contributed by atoms with Crippen molar-refractivity contribution in [1.82, 2.24) is 4.98 Å². The molecule has 0 saturated carbocycles. The van der Waals surface area contributed by atoms with Gasteiger partial charge in [-0.25, -0.2) is 4.98 Å². The first-order chi connectivity index (χ1) is 7.33. The molecule has 0 unspecified atom stereocenters. The summed E-state index contributed by atoms with van der Waals surface area (Å²) in [6.07, 6.45) is 9.05. The fourth-order valence-electron chi connectivity index (χ4n) is 1.29. The number of thiazole rings is 1. The van der Waals surface area contributed by atoms with Crippen LogP contribution < -0.4 is 11.1 Å². The van der Waals surface area contributed by atoms with E-state index in [1.54, 1.807) is 6.20 Å². The summed E-state index contributed by atoms with van der Waals surface area (Å²) in [5.74, 6) is 1.29. The van der Waals surface area contributed by atoms with E-state index in [2.05, 4.69) is 16.6 Å². The van der Waals surface area contributed by atoms with E-state index in [9.17, 15) is 0 Å². The molecule has 0 aliphatic rings. The molecule has 0 radical (unpaired) electrons. The number of hydrogen-bond donors (Lipinski definition) is 2. The Kier molecular flexibility index (Phi) is 6.59. The van der Waals surface area contributed by atoms with Gasteiger partial charge in [0.15, 0.2) is 5.13 Å². The number of thioether (sulfide) groups is 1. The number of rotatable bonds is 8. The normalized spacial score (nSPS) is 10.5. The maximum absolute atomic E-state index is 5.58. The maximum Gasteiger partial charge on any atom is 0.184 e. The molecule has 0 bridgehead atoms. The largest absolute Gasteiger partial charge is 0.389 e. The SMILES string of the molecule is CSCCCCCCNc1ncc(N)s1. The molecule has 0 aliphatic heterocycles. The zero-order chi connectivity index (χ0) is 10.9. The van der Waals surface area contributed by atoms with Gasteiger partial charge in [-0.2, -0.15) is 11.8 Å². The monoisotopic (exact) mass is 245 g/mol. The number of unbranched alkanes of at least 4 members (excludes halogenated alkanes) is 3. The molecule has 0 saturated heterocycles. The second-order valence-corrected chi connectivity index (χ2v) is 5.45. The zero-order valence-corrected chi connectivity index (χ0v) is 10.8. The van der Waals surface area contributed by atoms with Gasteiger partial charge in [0.25, 0.3) is 0 Å². The Morgan fingerprint density at radius 2 is 2.20 bits per heavy atom. The van der Waals surface area contributed by atoms with Crippen molar-refractivity contribution in [2.75, 3.05) is 29.6 Å². The second-order valence-electron chi connectivity index (χ2n) is 3.40. The Morgan fingerprint density at radius 1 is 1.40 bits per heavy atom. The van der Waals surface area contributed by atoms with E-state index in [1.165, 1.54) is 42.8 Å². The van der Waals surface area contributed by atoms with Gasteiger partial charge in [-0.1, -0.05) is 24.2 Å². The van der Waals surface area contributed by atoms with Gasteiger partial charge in [0.2, 0.25) is 0 Å². The lowest BCUT2D eigenvalue weighted by Gasteiger charge is -2.02. The van der Waals surface area contributed by atoms with Gasteiger partial charge >= 0.3 is 0 Å². The first-order valence-electron chi connectivity index (χ1n) is 5.27. The first kappa shape index (κ1) is 12.6.